The van der Waals surface area contributed by atoms with Crippen molar-refractivity contribution in [1.29, 1.82) is 0 Å². The predicted molar refractivity (Wildman–Crippen MR) is 130 cm³/mol. The monoisotopic (exact) mass is 477 g/mol. The van der Waals surface area contributed by atoms with E-state index in [2.05, 4.69) is 17.4 Å². The zero-order valence-electron chi connectivity index (χ0n) is 20.1. The van der Waals surface area contributed by atoms with E-state index < -0.39 is 23.6 Å². The van der Waals surface area contributed by atoms with Crippen LogP contribution in [0.5, 0.6) is 0 Å². The number of carboxylic acids is 1. The third-order valence-electron chi connectivity index (χ3n) is 7.61. The Morgan fingerprint density at radius 2 is 1.74 bits per heavy atom. The van der Waals surface area contributed by atoms with Gasteiger partial charge >= 0.3 is 12.1 Å². The number of ether oxygens (including phenoxy) is 1. The van der Waals surface area contributed by atoms with Crippen LogP contribution in [-0.2, 0) is 14.3 Å². The number of hydrogen-bond acceptors (Lipinski definition) is 5. The number of alkyl carbamates (subject to hydrolysis) is 1. The molecule has 35 heavy (non-hydrogen) atoms. The second-order valence-corrected chi connectivity index (χ2v) is 10.0. The van der Waals surface area contributed by atoms with E-state index in [0.717, 1.165) is 35.1 Å². The molecule has 2 amide bonds. The molecule has 8 nitrogen and oxygen atoms in total. The molecular weight excluding hydrogens is 446 g/mol. The standard InChI is InChI=1S/C27H31N3O5/c1-29(2)15-23(24(31)30-13-7-8-17-14-27(17,30)25(32)33)28-26(34)35-16-22-20-11-5-3-9-18(20)19-10-4-6-12-21(19)22/h3-6,9-12,17,22-23H,7-8,13-16H2,1-2H3,(H,28,34)(H,32,33)/t17-,23?,27+/m0/s1. The number of carbonyl (C=O) groups is 3. The molecule has 3 aliphatic rings. The summed E-state index contributed by atoms with van der Waals surface area (Å²) in [6.07, 6.45) is 1.38. The van der Waals surface area contributed by atoms with E-state index in [1.807, 2.05) is 50.5 Å². The number of nitrogens with one attached hydrogen (secondary N) is 1. The molecular formula is C27H31N3O5. The molecule has 8 heteroatoms. The fourth-order valence-electron chi connectivity index (χ4n) is 5.89. The lowest BCUT2D eigenvalue weighted by atomic mass is 9.98. The second-order valence-electron chi connectivity index (χ2n) is 10.0. The number of likely N-dealkylation sites (N-methyl/N-ethyl adjacent to an activating group) is 1. The van der Waals surface area contributed by atoms with Gasteiger partial charge in [-0.05, 0) is 61.5 Å². The molecule has 2 aromatic carbocycles. The third-order valence-corrected chi connectivity index (χ3v) is 7.61. The van der Waals surface area contributed by atoms with Crippen molar-refractivity contribution in [2.75, 3.05) is 33.8 Å². The normalized spacial score (nSPS) is 23.2. The van der Waals surface area contributed by atoms with E-state index in [4.69, 9.17) is 4.74 Å². The summed E-state index contributed by atoms with van der Waals surface area (Å²) in [7, 11) is 3.62. The number of piperidine rings is 1. The van der Waals surface area contributed by atoms with Gasteiger partial charge in [-0.3, -0.25) is 4.79 Å². The molecule has 1 saturated carbocycles. The second kappa shape index (κ2) is 9.00. The van der Waals surface area contributed by atoms with Crippen molar-refractivity contribution in [3.63, 3.8) is 0 Å². The van der Waals surface area contributed by atoms with Crippen LogP contribution in [0, 0.1) is 5.92 Å². The average molecular weight is 478 g/mol. The van der Waals surface area contributed by atoms with E-state index in [1.165, 1.54) is 4.90 Å². The minimum Gasteiger partial charge on any atom is -0.479 e. The highest BCUT2D eigenvalue weighted by molar-refractivity contribution is 5.94. The Hall–Kier alpha value is -3.39. The Bertz CT molecular complexity index is 1120. The molecule has 5 rings (SSSR count). The van der Waals surface area contributed by atoms with E-state index in [9.17, 15) is 19.5 Å². The number of carbonyl (C=O) groups excluding carboxylic acids is 2. The first-order valence-electron chi connectivity index (χ1n) is 12.1. The molecule has 1 aliphatic heterocycles. The van der Waals surface area contributed by atoms with Gasteiger partial charge in [-0.2, -0.15) is 0 Å². The largest absolute Gasteiger partial charge is 0.479 e. The maximum Gasteiger partial charge on any atom is 0.407 e. The molecule has 0 bridgehead atoms. The van der Waals surface area contributed by atoms with Gasteiger partial charge in [0.25, 0.3) is 0 Å². The van der Waals surface area contributed by atoms with Crippen molar-refractivity contribution in [3.8, 4) is 11.1 Å². The van der Waals surface area contributed by atoms with Gasteiger partial charge in [-0.1, -0.05) is 48.5 Å². The minimum absolute atomic E-state index is 0.00726. The third kappa shape index (κ3) is 4.05. The number of aliphatic carboxylic acids is 1. The number of likely N-dealkylation sites (tertiary alicyclic amines) is 1. The number of carboxylic acid groups (broad SMARTS) is 1. The van der Waals surface area contributed by atoms with Crippen LogP contribution in [-0.4, -0.2) is 78.2 Å². The van der Waals surface area contributed by atoms with Gasteiger partial charge in [0.05, 0.1) is 0 Å². The number of hydrogen-bond donors (Lipinski definition) is 2. The summed E-state index contributed by atoms with van der Waals surface area (Å²) in [5.41, 5.74) is 3.38. The summed E-state index contributed by atoms with van der Waals surface area (Å²) in [5, 5.41) is 12.6. The van der Waals surface area contributed by atoms with E-state index in [-0.39, 0.29) is 30.9 Å². The smallest absolute Gasteiger partial charge is 0.407 e. The molecule has 1 saturated heterocycles. The highest BCUT2D eigenvalue weighted by atomic mass is 16.5. The molecule has 3 atom stereocenters. The molecule has 2 aliphatic carbocycles. The molecule has 2 N–H and O–H groups in total. The predicted octanol–water partition coefficient (Wildman–Crippen LogP) is 2.92. The Balaban J connectivity index is 1.29. The molecule has 2 aromatic rings. The SMILES string of the molecule is CN(C)CC(NC(=O)OCC1c2ccccc2-c2ccccc21)C(=O)N1CCC[C@H]2C[C@]21C(=O)O. The van der Waals surface area contributed by atoms with Crippen LogP contribution in [0.1, 0.15) is 36.3 Å². The molecule has 0 aromatic heterocycles. The van der Waals surface area contributed by atoms with Gasteiger partial charge in [0.15, 0.2) is 0 Å². The zero-order chi connectivity index (χ0) is 24.7. The van der Waals surface area contributed by atoms with Crippen molar-refractivity contribution in [3.05, 3.63) is 59.7 Å². The van der Waals surface area contributed by atoms with Gasteiger partial charge < -0.3 is 25.0 Å². The Labute approximate surface area is 204 Å². The van der Waals surface area contributed by atoms with Crippen LogP contribution in [0.2, 0.25) is 0 Å². The topological polar surface area (TPSA) is 99.2 Å². The summed E-state index contributed by atoms with van der Waals surface area (Å²) >= 11 is 0. The summed E-state index contributed by atoms with van der Waals surface area (Å²) in [6, 6.07) is 15.3. The molecule has 2 fully saturated rings. The fraction of sp³-hybridized carbons (Fsp3) is 0.444. The zero-order valence-corrected chi connectivity index (χ0v) is 20.1. The number of benzene rings is 2. The Morgan fingerprint density at radius 3 is 2.34 bits per heavy atom. The van der Waals surface area contributed by atoms with E-state index in [1.54, 1.807) is 4.90 Å². The number of fused-ring (bicyclic) bond motifs is 4. The minimum atomic E-state index is -1.12. The maximum atomic E-state index is 13.5. The lowest BCUT2D eigenvalue weighted by Crippen LogP contribution is -2.59. The van der Waals surface area contributed by atoms with Gasteiger partial charge in [0, 0.05) is 19.0 Å². The quantitative estimate of drug-likeness (QED) is 0.636. The van der Waals surface area contributed by atoms with Crippen LogP contribution in [0.25, 0.3) is 11.1 Å². The van der Waals surface area contributed by atoms with Crippen LogP contribution >= 0.6 is 0 Å². The maximum absolute atomic E-state index is 13.5. The highest BCUT2D eigenvalue weighted by Gasteiger charge is 2.67. The van der Waals surface area contributed by atoms with Crippen LogP contribution in [0.3, 0.4) is 0 Å². The summed E-state index contributed by atoms with van der Waals surface area (Å²) in [5.74, 6) is -1.41. The van der Waals surface area contributed by atoms with Gasteiger partial charge in [0.2, 0.25) is 5.91 Å². The van der Waals surface area contributed by atoms with Crippen LogP contribution in [0.15, 0.2) is 48.5 Å². The first kappa shape index (κ1) is 23.4. The van der Waals surface area contributed by atoms with Crippen molar-refractivity contribution >= 4 is 18.0 Å². The van der Waals surface area contributed by atoms with Crippen LogP contribution < -0.4 is 5.32 Å². The number of amides is 2. The molecule has 1 heterocycles. The average Bonchev–Trinajstić information content (AvgIpc) is 3.53. The first-order chi connectivity index (χ1) is 16.8. The van der Waals surface area contributed by atoms with Crippen molar-refractivity contribution in [1.82, 2.24) is 15.1 Å². The molecule has 1 unspecified atom stereocenters. The first-order valence-corrected chi connectivity index (χ1v) is 12.1. The molecule has 184 valence electrons. The lowest BCUT2D eigenvalue weighted by molar-refractivity contribution is -0.155. The number of rotatable bonds is 7. The van der Waals surface area contributed by atoms with E-state index >= 15 is 0 Å². The lowest BCUT2D eigenvalue weighted by Gasteiger charge is -2.36. The van der Waals surface area contributed by atoms with E-state index in [0.29, 0.717) is 13.0 Å². The summed E-state index contributed by atoms with van der Waals surface area (Å²) < 4.78 is 5.64. The fourth-order valence-corrected chi connectivity index (χ4v) is 5.89. The molecule has 0 spiro atoms. The Kier molecular flexibility index (Phi) is 6.01. The van der Waals surface area contributed by atoms with Crippen molar-refractivity contribution in [2.45, 2.75) is 36.8 Å². The van der Waals surface area contributed by atoms with Gasteiger partial charge in [0.1, 0.15) is 18.2 Å². The van der Waals surface area contributed by atoms with Crippen molar-refractivity contribution in [2.24, 2.45) is 5.92 Å². The van der Waals surface area contributed by atoms with Crippen LogP contribution in [0.4, 0.5) is 4.79 Å². The van der Waals surface area contributed by atoms with Gasteiger partial charge in [-0.25, -0.2) is 9.59 Å². The number of nitrogens with zero attached hydrogens (tertiary/aromatic N) is 2. The highest BCUT2D eigenvalue weighted by Crippen LogP contribution is 2.54. The molecule has 0 radical (unpaired) electrons. The summed E-state index contributed by atoms with van der Waals surface area (Å²) in [6.45, 7) is 0.783. The van der Waals surface area contributed by atoms with Crippen molar-refractivity contribution < 1.29 is 24.2 Å². The summed E-state index contributed by atoms with van der Waals surface area (Å²) in [4.78, 5) is 41.6. The van der Waals surface area contributed by atoms with Gasteiger partial charge in [-0.15, -0.1) is 0 Å². The Morgan fingerprint density at radius 1 is 1.11 bits per heavy atom.